The number of benzene rings is 1. The summed E-state index contributed by atoms with van der Waals surface area (Å²) in [4.78, 5) is 4.58. The van der Waals surface area contributed by atoms with Crippen LogP contribution in [0, 0.1) is 0 Å². The van der Waals surface area contributed by atoms with E-state index < -0.39 is 0 Å². The molecule has 0 saturated carbocycles. The summed E-state index contributed by atoms with van der Waals surface area (Å²) in [7, 11) is 5.99. The van der Waals surface area contributed by atoms with E-state index in [1.807, 2.05) is 19.9 Å². The number of hydrogen-bond donors (Lipinski definition) is 0. The van der Waals surface area contributed by atoms with E-state index in [0.717, 1.165) is 28.9 Å². The molecule has 0 spiro atoms. The Hall–Kier alpha value is -1.31. The van der Waals surface area contributed by atoms with Gasteiger partial charge in [0.15, 0.2) is 0 Å². The summed E-state index contributed by atoms with van der Waals surface area (Å²) in [6, 6.07) is 6.18. The lowest BCUT2D eigenvalue weighted by Crippen LogP contribution is -2.12. The molecule has 0 aliphatic rings. The van der Waals surface area contributed by atoms with Gasteiger partial charge < -0.3 is 0 Å². The van der Waals surface area contributed by atoms with E-state index in [4.69, 9.17) is 7.85 Å². The zero-order valence-electron chi connectivity index (χ0n) is 11.5. The Morgan fingerprint density at radius 3 is 2.29 bits per heavy atom. The van der Waals surface area contributed by atoms with Crippen LogP contribution in [0.25, 0.3) is 0 Å². The van der Waals surface area contributed by atoms with Crippen LogP contribution in [0.15, 0.2) is 34.5 Å². The van der Waals surface area contributed by atoms with Gasteiger partial charge in [-0.2, -0.15) is 0 Å². The average molecular weight is 225 g/mol. The van der Waals surface area contributed by atoms with Gasteiger partial charge in [-0.25, -0.2) is 0 Å². The predicted molar refractivity (Wildman–Crippen MR) is 77.5 cm³/mol. The second kappa shape index (κ2) is 5.86. The largest absolute Gasteiger partial charge is 0.258 e. The highest BCUT2D eigenvalue weighted by molar-refractivity contribution is 6.33. The lowest BCUT2D eigenvalue weighted by atomic mass is 9.87. The minimum Gasteiger partial charge on any atom is -0.258 e. The highest BCUT2D eigenvalue weighted by Crippen LogP contribution is 2.09. The highest BCUT2D eigenvalue weighted by atomic mass is 14.7. The van der Waals surface area contributed by atoms with Crippen LogP contribution in [-0.4, -0.2) is 13.6 Å². The summed E-state index contributed by atoms with van der Waals surface area (Å²) in [5.74, 6) is 0. The molecule has 0 aromatic heterocycles. The highest BCUT2D eigenvalue weighted by Gasteiger charge is 2.01. The third-order valence-corrected chi connectivity index (χ3v) is 3.00. The lowest BCUT2D eigenvalue weighted by molar-refractivity contribution is 1.15. The van der Waals surface area contributed by atoms with Gasteiger partial charge in [0.05, 0.1) is 0 Å². The van der Waals surface area contributed by atoms with Crippen molar-refractivity contribution in [2.24, 2.45) is 4.99 Å². The number of rotatable bonds is 3. The topological polar surface area (TPSA) is 12.4 Å². The normalized spacial score (nSPS) is 11.5. The summed E-state index contributed by atoms with van der Waals surface area (Å²) in [5, 5.41) is 0. The molecule has 0 atom stereocenters. The molecule has 1 rings (SSSR count). The molecule has 0 heterocycles. The van der Waals surface area contributed by atoms with Gasteiger partial charge in [-0.3, -0.25) is 4.99 Å². The van der Waals surface area contributed by atoms with E-state index in [2.05, 4.69) is 37.9 Å². The Morgan fingerprint density at radius 1 is 1.18 bits per heavy atom. The fourth-order valence-electron chi connectivity index (χ4n) is 1.57. The van der Waals surface area contributed by atoms with Crippen LogP contribution in [-0.2, 0) is 6.42 Å². The molecule has 1 nitrogen and oxygen atoms in total. The molecule has 2 heteroatoms. The molecule has 17 heavy (non-hydrogen) atoms. The monoisotopic (exact) mass is 225 g/mol. The van der Waals surface area contributed by atoms with Crippen LogP contribution in [0.5, 0.6) is 0 Å². The van der Waals surface area contributed by atoms with E-state index >= 15 is 0 Å². The molecule has 0 aliphatic carbocycles. The fourth-order valence-corrected chi connectivity index (χ4v) is 1.57. The molecular formula is C15H20BN. The SMILES string of the molecule is [B]c1cc(C(C)=NC(C)=C(C)C)ccc1CC. The van der Waals surface area contributed by atoms with Gasteiger partial charge in [-0.15, -0.1) is 0 Å². The first-order chi connectivity index (χ1) is 7.95. The minimum absolute atomic E-state index is 0.856. The first kappa shape index (κ1) is 13.8. The number of nitrogens with zero attached hydrogens (tertiary/aromatic N) is 1. The van der Waals surface area contributed by atoms with Gasteiger partial charge in [-0.1, -0.05) is 41.7 Å². The zero-order chi connectivity index (χ0) is 13.0. The molecule has 0 unspecified atom stereocenters. The maximum atomic E-state index is 5.99. The molecule has 0 aliphatic heterocycles. The molecule has 1 aromatic rings. The second-order valence-corrected chi connectivity index (χ2v) is 4.55. The third kappa shape index (κ3) is 3.59. The van der Waals surface area contributed by atoms with Gasteiger partial charge in [-0.05, 0) is 39.7 Å². The van der Waals surface area contributed by atoms with Crippen LogP contribution in [0.2, 0.25) is 0 Å². The van der Waals surface area contributed by atoms with Crippen molar-refractivity contribution in [3.8, 4) is 0 Å². The first-order valence-corrected chi connectivity index (χ1v) is 6.03. The molecule has 0 N–H and O–H groups in total. The summed E-state index contributed by atoms with van der Waals surface area (Å²) in [5.41, 5.74) is 6.47. The van der Waals surface area contributed by atoms with Crippen LogP contribution in [0.4, 0.5) is 0 Å². The first-order valence-electron chi connectivity index (χ1n) is 6.03. The van der Waals surface area contributed by atoms with Crippen LogP contribution >= 0.6 is 0 Å². The lowest BCUT2D eigenvalue weighted by Gasteiger charge is -2.08. The van der Waals surface area contributed by atoms with Crippen molar-refractivity contribution in [2.45, 2.75) is 41.0 Å². The number of aryl methyl sites for hydroxylation is 1. The fraction of sp³-hybridized carbons (Fsp3) is 0.400. The maximum absolute atomic E-state index is 5.99. The van der Waals surface area contributed by atoms with E-state index in [0.29, 0.717) is 0 Å². The molecule has 1 aromatic carbocycles. The van der Waals surface area contributed by atoms with Crippen molar-refractivity contribution < 1.29 is 0 Å². The van der Waals surface area contributed by atoms with Gasteiger partial charge in [0.25, 0.3) is 0 Å². The third-order valence-electron chi connectivity index (χ3n) is 3.00. The molecule has 2 radical (unpaired) electrons. The van der Waals surface area contributed by atoms with Crippen molar-refractivity contribution in [2.75, 3.05) is 0 Å². The minimum atomic E-state index is 0.856. The Bertz CT molecular complexity index is 466. The Balaban J connectivity index is 3.10. The Kier molecular flexibility index (Phi) is 4.74. The Labute approximate surface area is 106 Å². The van der Waals surface area contributed by atoms with Crippen molar-refractivity contribution >= 4 is 19.0 Å². The van der Waals surface area contributed by atoms with Gasteiger partial charge in [0.1, 0.15) is 7.85 Å². The molecule has 0 amide bonds. The van der Waals surface area contributed by atoms with Crippen molar-refractivity contribution in [3.05, 3.63) is 40.6 Å². The van der Waals surface area contributed by atoms with E-state index in [-0.39, 0.29) is 0 Å². The van der Waals surface area contributed by atoms with Crippen LogP contribution in [0.1, 0.15) is 45.7 Å². The van der Waals surface area contributed by atoms with E-state index in [1.165, 1.54) is 11.1 Å². The van der Waals surface area contributed by atoms with Crippen LogP contribution in [0.3, 0.4) is 0 Å². The standard InChI is InChI=1S/C15H20BN/c1-6-13-7-8-14(9-15(13)16)12(5)17-11(4)10(2)3/h7-9H,6H2,1-5H3. The predicted octanol–water partition coefficient (Wildman–Crippen LogP) is 3.17. The van der Waals surface area contributed by atoms with Crippen LogP contribution < -0.4 is 5.46 Å². The van der Waals surface area contributed by atoms with Gasteiger partial charge >= 0.3 is 0 Å². The van der Waals surface area contributed by atoms with Crippen molar-refractivity contribution in [3.63, 3.8) is 0 Å². The van der Waals surface area contributed by atoms with E-state index in [9.17, 15) is 0 Å². The average Bonchev–Trinajstić information content (AvgIpc) is 2.28. The molecule has 0 fully saturated rings. The van der Waals surface area contributed by atoms with Crippen molar-refractivity contribution in [1.29, 1.82) is 0 Å². The maximum Gasteiger partial charge on any atom is 0.114 e. The molecule has 0 bridgehead atoms. The zero-order valence-corrected chi connectivity index (χ0v) is 11.5. The smallest absolute Gasteiger partial charge is 0.114 e. The number of hydrogen-bond acceptors (Lipinski definition) is 1. The molecular weight excluding hydrogens is 205 g/mol. The number of allylic oxidation sites excluding steroid dienone is 2. The van der Waals surface area contributed by atoms with Gasteiger partial charge in [0, 0.05) is 11.4 Å². The number of aliphatic imine (C=N–C) groups is 1. The Morgan fingerprint density at radius 2 is 1.82 bits per heavy atom. The second-order valence-electron chi connectivity index (χ2n) is 4.55. The summed E-state index contributed by atoms with van der Waals surface area (Å²) in [6.45, 7) is 10.3. The summed E-state index contributed by atoms with van der Waals surface area (Å²) < 4.78 is 0. The quantitative estimate of drug-likeness (QED) is 0.553. The summed E-state index contributed by atoms with van der Waals surface area (Å²) in [6.07, 6.45) is 0.968. The van der Waals surface area contributed by atoms with Crippen molar-refractivity contribution in [1.82, 2.24) is 0 Å². The van der Waals surface area contributed by atoms with Gasteiger partial charge in [0.2, 0.25) is 0 Å². The molecule has 88 valence electrons. The summed E-state index contributed by atoms with van der Waals surface area (Å²) >= 11 is 0. The molecule has 0 saturated heterocycles. The van der Waals surface area contributed by atoms with E-state index in [1.54, 1.807) is 0 Å².